The molecule has 0 unspecified atom stereocenters. The summed E-state index contributed by atoms with van der Waals surface area (Å²) in [6.07, 6.45) is 19.2. The Morgan fingerprint density at radius 1 is 0.419 bits per heavy atom. The van der Waals surface area contributed by atoms with E-state index in [4.69, 9.17) is 13.6 Å². The zero-order valence-electron chi connectivity index (χ0n) is 26.7. The lowest BCUT2D eigenvalue weighted by Gasteiger charge is -2.29. The first-order valence-corrected chi connectivity index (χ1v) is 18.3. The molecule has 3 nitrogen and oxygen atoms in total. The van der Waals surface area contributed by atoms with Crippen LogP contribution in [-0.2, 0) is 0 Å². The van der Waals surface area contributed by atoms with Crippen molar-refractivity contribution >= 4 is 8.60 Å². The summed E-state index contributed by atoms with van der Waals surface area (Å²) in [6, 6.07) is 20.0. The smallest absolute Gasteiger partial charge is 0.408 e. The summed E-state index contributed by atoms with van der Waals surface area (Å²) in [5.41, 5.74) is 7.84. The lowest BCUT2D eigenvalue weighted by molar-refractivity contribution is 0.366. The summed E-state index contributed by atoms with van der Waals surface area (Å²) in [6.45, 7) is 6.58. The Balaban J connectivity index is 1.36. The van der Waals surface area contributed by atoms with Crippen molar-refractivity contribution in [1.29, 1.82) is 0 Å². The van der Waals surface area contributed by atoms with Crippen molar-refractivity contribution < 1.29 is 13.6 Å². The molecule has 0 bridgehead atoms. The van der Waals surface area contributed by atoms with Crippen LogP contribution in [0.15, 0.2) is 54.6 Å². The predicted octanol–water partition coefficient (Wildman–Crippen LogP) is 12.5. The summed E-state index contributed by atoms with van der Waals surface area (Å²) >= 11 is 0. The van der Waals surface area contributed by atoms with Gasteiger partial charge in [-0.25, -0.2) is 0 Å². The summed E-state index contributed by atoms with van der Waals surface area (Å²) in [4.78, 5) is 0. The van der Waals surface area contributed by atoms with Crippen molar-refractivity contribution in [1.82, 2.24) is 0 Å². The van der Waals surface area contributed by atoms with Gasteiger partial charge in [0.2, 0.25) is 0 Å². The van der Waals surface area contributed by atoms with Gasteiger partial charge in [-0.15, -0.1) is 0 Å². The second kappa shape index (κ2) is 14.5. The molecule has 0 radical (unpaired) electrons. The van der Waals surface area contributed by atoms with E-state index >= 15 is 0 Å². The molecule has 0 atom stereocenters. The van der Waals surface area contributed by atoms with Crippen molar-refractivity contribution in [2.24, 2.45) is 0 Å². The van der Waals surface area contributed by atoms with Crippen LogP contribution in [0.5, 0.6) is 17.2 Å². The van der Waals surface area contributed by atoms with Gasteiger partial charge in [-0.2, -0.15) is 0 Å². The quantitative estimate of drug-likeness (QED) is 0.229. The van der Waals surface area contributed by atoms with Gasteiger partial charge in [0.1, 0.15) is 17.2 Å². The van der Waals surface area contributed by atoms with Crippen LogP contribution in [0.4, 0.5) is 0 Å². The third-order valence-electron chi connectivity index (χ3n) is 10.1. The van der Waals surface area contributed by atoms with E-state index in [1.165, 1.54) is 130 Å². The van der Waals surface area contributed by atoms with E-state index in [9.17, 15) is 0 Å². The molecule has 0 amide bonds. The average molecular weight is 599 g/mol. The standard InChI is InChI=1S/C39H51O3P/c1-28-19-22-37(34(25-28)31-13-7-4-8-14-31)40-43(41-38-23-20-29(2)26-35(38)32-15-9-5-10-16-32)42-39-24-21-30(3)27-36(39)33-17-11-6-12-18-33/h19-27,31-33H,4-18H2,1-3H3. The molecule has 0 heterocycles. The predicted molar refractivity (Wildman–Crippen MR) is 180 cm³/mol. The Morgan fingerprint density at radius 3 is 0.977 bits per heavy atom. The molecule has 0 spiro atoms. The highest BCUT2D eigenvalue weighted by molar-refractivity contribution is 7.43. The van der Waals surface area contributed by atoms with Gasteiger partial charge in [0.15, 0.2) is 0 Å². The van der Waals surface area contributed by atoms with E-state index in [0.29, 0.717) is 17.8 Å². The normalized spacial score (nSPS) is 19.0. The van der Waals surface area contributed by atoms with E-state index < -0.39 is 8.60 Å². The zero-order chi connectivity index (χ0) is 29.6. The molecule has 3 saturated carbocycles. The molecule has 3 aliphatic carbocycles. The Kier molecular flexibility index (Phi) is 10.3. The second-order valence-corrected chi connectivity index (χ2v) is 14.6. The van der Waals surface area contributed by atoms with Crippen LogP contribution < -0.4 is 13.6 Å². The minimum Gasteiger partial charge on any atom is -0.408 e. The van der Waals surface area contributed by atoms with Crippen LogP contribution in [0.3, 0.4) is 0 Å². The van der Waals surface area contributed by atoms with Gasteiger partial charge in [-0.3, -0.25) is 0 Å². The Labute approximate surface area is 261 Å². The largest absolute Gasteiger partial charge is 0.530 e. The maximum atomic E-state index is 6.93. The lowest BCUT2D eigenvalue weighted by atomic mass is 9.83. The van der Waals surface area contributed by atoms with E-state index in [-0.39, 0.29) is 0 Å². The lowest BCUT2D eigenvalue weighted by Crippen LogP contribution is -2.12. The maximum Gasteiger partial charge on any atom is 0.530 e. The summed E-state index contributed by atoms with van der Waals surface area (Å²) in [5, 5.41) is 0. The summed E-state index contributed by atoms with van der Waals surface area (Å²) in [7, 11) is -1.73. The van der Waals surface area contributed by atoms with Crippen LogP contribution in [-0.4, -0.2) is 0 Å². The van der Waals surface area contributed by atoms with Crippen LogP contribution in [0.2, 0.25) is 0 Å². The number of hydrogen-bond acceptors (Lipinski definition) is 3. The molecule has 230 valence electrons. The molecule has 0 saturated heterocycles. The van der Waals surface area contributed by atoms with Crippen molar-refractivity contribution in [3.63, 3.8) is 0 Å². The molecular weight excluding hydrogens is 547 g/mol. The number of rotatable bonds is 9. The van der Waals surface area contributed by atoms with Gasteiger partial charge in [0.05, 0.1) is 0 Å². The number of hydrogen-bond donors (Lipinski definition) is 0. The molecule has 4 heteroatoms. The topological polar surface area (TPSA) is 27.7 Å². The van der Waals surface area contributed by atoms with E-state index in [1.807, 2.05) is 0 Å². The molecule has 3 aliphatic rings. The molecule has 0 aromatic heterocycles. The Bertz CT molecular complexity index is 1180. The van der Waals surface area contributed by atoms with Crippen LogP contribution in [0, 0.1) is 20.8 Å². The fraction of sp³-hybridized carbons (Fsp3) is 0.538. The minimum atomic E-state index is -1.73. The molecule has 3 fully saturated rings. The third kappa shape index (κ3) is 7.78. The van der Waals surface area contributed by atoms with E-state index in [2.05, 4.69) is 75.4 Å². The zero-order valence-corrected chi connectivity index (χ0v) is 27.6. The van der Waals surface area contributed by atoms with Gasteiger partial charge in [-0.05, 0) is 112 Å². The van der Waals surface area contributed by atoms with Gasteiger partial charge >= 0.3 is 8.60 Å². The van der Waals surface area contributed by atoms with Crippen LogP contribution >= 0.6 is 8.60 Å². The van der Waals surface area contributed by atoms with Crippen LogP contribution in [0.25, 0.3) is 0 Å². The first-order chi connectivity index (χ1) is 21.0. The van der Waals surface area contributed by atoms with Gasteiger partial charge < -0.3 is 13.6 Å². The highest BCUT2D eigenvalue weighted by Gasteiger charge is 2.30. The minimum absolute atomic E-state index is 0.537. The van der Waals surface area contributed by atoms with Crippen molar-refractivity contribution in [3.05, 3.63) is 88.0 Å². The van der Waals surface area contributed by atoms with Gasteiger partial charge in [0, 0.05) is 0 Å². The van der Waals surface area contributed by atoms with Gasteiger partial charge in [0.25, 0.3) is 0 Å². The highest BCUT2D eigenvalue weighted by Crippen LogP contribution is 2.50. The van der Waals surface area contributed by atoms with Crippen molar-refractivity contribution in [2.45, 2.75) is 135 Å². The van der Waals surface area contributed by atoms with E-state index in [0.717, 1.165) is 17.2 Å². The second-order valence-electron chi connectivity index (χ2n) is 13.6. The van der Waals surface area contributed by atoms with Crippen molar-refractivity contribution in [2.75, 3.05) is 0 Å². The molecule has 3 aromatic rings. The van der Waals surface area contributed by atoms with Crippen molar-refractivity contribution in [3.8, 4) is 17.2 Å². The SMILES string of the molecule is Cc1ccc(OP(Oc2ccc(C)cc2C2CCCCC2)Oc2ccc(C)cc2C2CCCCC2)c(C2CCCCC2)c1. The molecule has 0 N–H and O–H groups in total. The Morgan fingerprint density at radius 2 is 0.698 bits per heavy atom. The number of aryl methyl sites for hydroxylation is 3. The molecule has 3 aromatic carbocycles. The first kappa shape index (κ1) is 30.5. The fourth-order valence-corrected chi connectivity index (χ4v) is 8.84. The van der Waals surface area contributed by atoms with E-state index in [1.54, 1.807) is 0 Å². The Hall–Kier alpha value is -2.51. The monoisotopic (exact) mass is 598 g/mol. The molecule has 43 heavy (non-hydrogen) atoms. The summed E-state index contributed by atoms with van der Waals surface area (Å²) in [5.74, 6) is 4.41. The number of benzene rings is 3. The molecule has 6 rings (SSSR count). The first-order valence-electron chi connectivity index (χ1n) is 17.2. The molecule has 0 aliphatic heterocycles. The summed E-state index contributed by atoms with van der Waals surface area (Å²) < 4.78 is 20.8. The maximum absolute atomic E-state index is 6.93. The van der Waals surface area contributed by atoms with Crippen LogP contribution in [0.1, 0.15) is 147 Å². The average Bonchev–Trinajstić information content (AvgIpc) is 3.04. The van der Waals surface area contributed by atoms with Gasteiger partial charge in [-0.1, -0.05) is 111 Å². The highest BCUT2D eigenvalue weighted by atomic mass is 31.2. The molecular formula is C39H51O3P. The third-order valence-corrected chi connectivity index (χ3v) is 11.2. The fourth-order valence-electron chi connectivity index (χ4n) is 7.75.